The van der Waals surface area contributed by atoms with Gasteiger partial charge in [-0.1, -0.05) is 52.3 Å². The zero-order valence-corrected chi connectivity index (χ0v) is 12.2. The molecule has 1 aliphatic carbocycles. The molecule has 0 N–H and O–H groups in total. The third-order valence-corrected chi connectivity index (χ3v) is 4.36. The number of aryl methyl sites for hydroxylation is 1. The summed E-state index contributed by atoms with van der Waals surface area (Å²) in [6, 6.07) is 13.0. The molecule has 0 bridgehead atoms. The Labute approximate surface area is 116 Å². The normalized spacial score (nSPS) is 13.4. The molecule has 1 heteroatoms. The van der Waals surface area contributed by atoms with Gasteiger partial charge in [0, 0.05) is 4.47 Å². The minimum absolute atomic E-state index is 1.05. The zero-order valence-electron chi connectivity index (χ0n) is 10.6. The van der Waals surface area contributed by atoms with Gasteiger partial charge in [-0.3, -0.25) is 0 Å². The summed E-state index contributed by atoms with van der Waals surface area (Å²) in [4.78, 5) is 0. The second-order valence-electron chi connectivity index (χ2n) is 4.85. The first-order valence-corrected chi connectivity index (χ1v) is 7.02. The zero-order chi connectivity index (χ0) is 12.7. The van der Waals surface area contributed by atoms with Gasteiger partial charge in [0.05, 0.1) is 0 Å². The highest BCUT2D eigenvalue weighted by Gasteiger charge is 2.18. The van der Waals surface area contributed by atoms with Crippen molar-refractivity contribution in [3.63, 3.8) is 0 Å². The van der Waals surface area contributed by atoms with E-state index in [-0.39, 0.29) is 0 Å². The Morgan fingerprint density at radius 3 is 2.50 bits per heavy atom. The first-order chi connectivity index (χ1) is 8.68. The standard InChI is InChI=1S/C17H15Br/c1-11-5-3-4-6-13(11)14-9-10-16(18)17-12(2)7-8-15(14)17/h3-7,9-10H,8H2,1-2H3. The highest BCUT2D eigenvalue weighted by Crippen LogP contribution is 2.40. The van der Waals surface area contributed by atoms with Crippen molar-refractivity contribution in [1.29, 1.82) is 0 Å². The minimum atomic E-state index is 1.05. The van der Waals surface area contributed by atoms with Crippen LogP contribution in [0, 0.1) is 6.92 Å². The Morgan fingerprint density at radius 2 is 1.72 bits per heavy atom. The molecule has 0 amide bonds. The van der Waals surface area contributed by atoms with Crippen molar-refractivity contribution >= 4 is 21.5 Å². The predicted octanol–water partition coefficient (Wildman–Crippen LogP) is 5.38. The summed E-state index contributed by atoms with van der Waals surface area (Å²) < 4.78 is 1.21. The van der Waals surface area contributed by atoms with E-state index in [2.05, 4.69) is 72.3 Å². The smallest absolute Gasteiger partial charge is 0.0253 e. The Morgan fingerprint density at radius 1 is 0.944 bits per heavy atom. The maximum absolute atomic E-state index is 3.67. The highest BCUT2D eigenvalue weighted by molar-refractivity contribution is 9.10. The van der Waals surface area contributed by atoms with Gasteiger partial charge < -0.3 is 0 Å². The Hall–Kier alpha value is -1.34. The van der Waals surface area contributed by atoms with Crippen LogP contribution in [0.25, 0.3) is 16.7 Å². The molecule has 1 aliphatic rings. The van der Waals surface area contributed by atoms with Gasteiger partial charge in [0.15, 0.2) is 0 Å². The SMILES string of the molecule is CC1=CCc2c(-c3ccccc3C)ccc(Br)c21. The third-order valence-electron chi connectivity index (χ3n) is 3.70. The van der Waals surface area contributed by atoms with E-state index in [9.17, 15) is 0 Å². The fraction of sp³-hybridized carbons (Fsp3) is 0.176. The van der Waals surface area contributed by atoms with Gasteiger partial charge in [-0.2, -0.15) is 0 Å². The van der Waals surface area contributed by atoms with Crippen molar-refractivity contribution in [2.24, 2.45) is 0 Å². The number of rotatable bonds is 1. The summed E-state index contributed by atoms with van der Waals surface area (Å²) in [5.41, 5.74) is 8.29. The van der Waals surface area contributed by atoms with Crippen molar-refractivity contribution in [3.8, 4) is 11.1 Å². The molecule has 0 heterocycles. The van der Waals surface area contributed by atoms with Gasteiger partial charge in [0.25, 0.3) is 0 Å². The Balaban J connectivity index is 2.26. The molecule has 90 valence electrons. The van der Waals surface area contributed by atoms with Crippen LogP contribution >= 0.6 is 15.9 Å². The van der Waals surface area contributed by atoms with Crippen molar-refractivity contribution in [1.82, 2.24) is 0 Å². The quantitative estimate of drug-likeness (QED) is 0.663. The van der Waals surface area contributed by atoms with Gasteiger partial charge in [-0.25, -0.2) is 0 Å². The molecule has 0 saturated heterocycles. The first-order valence-electron chi connectivity index (χ1n) is 6.23. The van der Waals surface area contributed by atoms with Gasteiger partial charge in [0.2, 0.25) is 0 Å². The summed E-state index contributed by atoms with van der Waals surface area (Å²) in [6.07, 6.45) is 3.36. The van der Waals surface area contributed by atoms with E-state index >= 15 is 0 Å². The molecule has 0 spiro atoms. The highest BCUT2D eigenvalue weighted by atomic mass is 79.9. The second-order valence-corrected chi connectivity index (χ2v) is 5.71. The number of halogens is 1. The molecule has 0 aromatic heterocycles. The lowest BCUT2D eigenvalue weighted by Crippen LogP contribution is -1.92. The molecule has 0 atom stereocenters. The molecular weight excluding hydrogens is 284 g/mol. The average molecular weight is 299 g/mol. The second kappa shape index (κ2) is 4.40. The Kier molecular flexibility index (Phi) is 2.87. The van der Waals surface area contributed by atoms with E-state index in [1.54, 1.807) is 0 Å². The third kappa shape index (κ3) is 1.74. The van der Waals surface area contributed by atoms with E-state index in [0.29, 0.717) is 0 Å². The largest absolute Gasteiger partial charge is 0.0765 e. The maximum Gasteiger partial charge on any atom is 0.0253 e. The molecule has 3 rings (SSSR count). The molecule has 0 radical (unpaired) electrons. The number of fused-ring (bicyclic) bond motifs is 1. The van der Waals surface area contributed by atoms with E-state index in [1.807, 2.05) is 0 Å². The van der Waals surface area contributed by atoms with Gasteiger partial charge in [-0.05, 0) is 59.7 Å². The molecule has 2 aromatic rings. The molecule has 0 aliphatic heterocycles. The lowest BCUT2D eigenvalue weighted by Gasteiger charge is -2.13. The van der Waals surface area contributed by atoms with Crippen molar-refractivity contribution in [3.05, 3.63) is 63.6 Å². The van der Waals surface area contributed by atoms with Crippen LogP contribution in [0.4, 0.5) is 0 Å². The van der Waals surface area contributed by atoms with E-state index in [1.165, 1.54) is 37.9 Å². The van der Waals surface area contributed by atoms with Crippen molar-refractivity contribution in [2.45, 2.75) is 20.3 Å². The van der Waals surface area contributed by atoms with Crippen LogP contribution in [0.1, 0.15) is 23.6 Å². The van der Waals surface area contributed by atoms with Crippen LogP contribution in [-0.4, -0.2) is 0 Å². The van der Waals surface area contributed by atoms with Crippen LogP contribution in [0.15, 0.2) is 46.9 Å². The van der Waals surface area contributed by atoms with Gasteiger partial charge in [-0.15, -0.1) is 0 Å². The van der Waals surface area contributed by atoms with Crippen LogP contribution < -0.4 is 0 Å². The van der Waals surface area contributed by atoms with E-state index < -0.39 is 0 Å². The van der Waals surface area contributed by atoms with Crippen LogP contribution in [-0.2, 0) is 6.42 Å². The monoisotopic (exact) mass is 298 g/mol. The topological polar surface area (TPSA) is 0 Å². The van der Waals surface area contributed by atoms with Crippen molar-refractivity contribution in [2.75, 3.05) is 0 Å². The lowest BCUT2D eigenvalue weighted by molar-refractivity contribution is 1.29. The lowest BCUT2D eigenvalue weighted by atomic mass is 9.93. The molecule has 0 nitrogen and oxygen atoms in total. The predicted molar refractivity (Wildman–Crippen MR) is 81.7 cm³/mol. The van der Waals surface area contributed by atoms with Crippen molar-refractivity contribution < 1.29 is 0 Å². The van der Waals surface area contributed by atoms with E-state index in [4.69, 9.17) is 0 Å². The average Bonchev–Trinajstić information content (AvgIpc) is 2.75. The minimum Gasteiger partial charge on any atom is -0.0765 e. The number of allylic oxidation sites excluding steroid dienone is 2. The number of hydrogen-bond acceptors (Lipinski definition) is 0. The van der Waals surface area contributed by atoms with E-state index in [0.717, 1.165) is 6.42 Å². The molecule has 0 saturated carbocycles. The Bertz CT molecular complexity index is 651. The molecule has 18 heavy (non-hydrogen) atoms. The summed E-state index contributed by atoms with van der Waals surface area (Å²) in [5, 5.41) is 0. The summed E-state index contributed by atoms with van der Waals surface area (Å²) >= 11 is 3.67. The molecular formula is C17H15Br. The van der Waals surface area contributed by atoms with Crippen LogP contribution in [0.3, 0.4) is 0 Å². The maximum atomic E-state index is 3.67. The summed E-state index contributed by atoms with van der Waals surface area (Å²) in [6.45, 7) is 4.37. The molecule has 2 aromatic carbocycles. The molecule has 0 unspecified atom stereocenters. The summed E-state index contributed by atoms with van der Waals surface area (Å²) in [5.74, 6) is 0. The fourth-order valence-corrected chi connectivity index (χ4v) is 3.43. The van der Waals surface area contributed by atoms with Crippen LogP contribution in [0.5, 0.6) is 0 Å². The fourth-order valence-electron chi connectivity index (χ4n) is 2.74. The van der Waals surface area contributed by atoms with Gasteiger partial charge in [0.1, 0.15) is 0 Å². The number of hydrogen-bond donors (Lipinski definition) is 0. The van der Waals surface area contributed by atoms with Crippen LogP contribution in [0.2, 0.25) is 0 Å². The summed E-state index contributed by atoms with van der Waals surface area (Å²) in [7, 11) is 0. The molecule has 0 fully saturated rings. The first kappa shape index (κ1) is 11.7. The number of benzene rings is 2. The van der Waals surface area contributed by atoms with Gasteiger partial charge >= 0.3 is 0 Å².